The van der Waals surface area contributed by atoms with Crippen molar-refractivity contribution in [1.29, 1.82) is 0 Å². The van der Waals surface area contributed by atoms with Crippen molar-refractivity contribution in [2.24, 2.45) is 0 Å². The quantitative estimate of drug-likeness (QED) is 0.674. The molecule has 1 aromatic rings. The molecule has 0 aliphatic carbocycles. The van der Waals surface area contributed by atoms with E-state index in [4.69, 9.17) is 16.3 Å². The van der Waals surface area contributed by atoms with Gasteiger partial charge in [-0.25, -0.2) is 0 Å². The second-order valence-corrected chi connectivity index (χ2v) is 3.35. The number of benzene rings is 1. The second-order valence-electron chi connectivity index (χ2n) is 2.94. The third kappa shape index (κ3) is 2.49. The van der Waals surface area contributed by atoms with Gasteiger partial charge >= 0.3 is 0 Å². The molecule has 0 saturated heterocycles. The fourth-order valence-corrected chi connectivity index (χ4v) is 1.32. The molecular formula is C11H13ClO. The summed E-state index contributed by atoms with van der Waals surface area (Å²) in [7, 11) is 1.63. The van der Waals surface area contributed by atoms with Crippen LogP contribution in [0.3, 0.4) is 0 Å². The van der Waals surface area contributed by atoms with Gasteiger partial charge in [-0.05, 0) is 24.1 Å². The molecule has 0 fully saturated rings. The summed E-state index contributed by atoms with van der Waals surface area (Å²) >= 11 is 5.97. The molecule has 0 bridgehead atoms. The molecule has 0 radical (unpaired) electrons. The van der Waals surface area contributed by atoms with Gasteiger partial charge in [0.15, 0.2) is 0 Å². The van der Waals surface area contributed by atoms with Crippen LogP contribution in [0, 0.1) is 6.92 Å². The first-order valence-corrected chi connectivity index (χ1v) is 4.48. The highest BCUT2D eigenvalue weighted by molar-refractivity contribution is 6.31. The lowest BCUT2D eigenvalue weighted by molar-refractivity contribution is 0.285. The summed E-state index contributed by atoms with van der Waals surface area (Å²) in [5.41, 5.74) is 2.27. The van der Waals surface area contributed by atoms with E-state index in [9.17, 15) is 0 Å². The molecule has 0 spiro atoms. The number of hydrogen-bond acceptors (Lipinski definition) is 1. The number of halogens is 1. The van der Waals surface area contributed by atoms with Crippen LogP contribution in [-0.4, -0.2) is 7.11 Å². The number of rotatable bonds is 3. The van der Waals surface area contributed by atoms with Crippen LogP contribution in [0.2, 0.25) is 5.02 Å². The van der Waals surface area contributed by atoms with Crippen molar-refractivity contribution in [3.05, 3.63) is 46.7 Å². The highest BCUT2D eigenvalue weighted by atomic mass is 35.5. The molecule has 0 aliphatic rings. The Morgan fingerprint density at radius 1 is 1.54 bits per heavy atom. The molecular weight excluding hydrogens is 184 g/mol. The summed E-state index contributed by atoms with van der Waals surface area (Å²) in [6.45, 7) is 5.77. The summed E-state index contributed by atoms with van der Waals surface area (Å²) in [4.78, 5) is 0. The summed E-state index contributed by atoms with van der Waals surface area (Å²) in [6.07, 6.45) is 0.725. The lowest BCUT2D eigenvalue weighted by Crippen LogP contribution is -1.94. The zero-order valence-corrected chi connectivity index (χ0v) is 8.69. The number of ether oxygens (including phenoxy) is 1. The minimum absolute atomic E-state index is 0.725. The van der Waals surface area contributed by atoms with E-state index in [1.165, 1.54) is 5.56 Å². The lowest BCUT2D eigenvalue weighted by Gasteiger charge is -2.08. The van der Waals surface area contributed by atoms with Crippen LogP contribution in [0.4, 0.5) is 0 Å². The zero-order valence-electron chi connectivity index (χ0n) is 7.93. The molecule has 1 rings (SSSR count). The second kappa shape index (κ2) is 4.33. The Hall–Kier alpha value is -0.950. The normalized spacial score (nSPS) is 9.77. The van der Waals surface area contributed by atoms with Crippen LogP contribution in [0.5, 0.6) is 0 Å². The maximum absolute atomic E-state index is 5.97. The molecule has 0 atom stereocenters. The minimum Gasteiger partial charge on any atom is -0.501 e. The van der Waals surface area contributed by atoms with Crippen LogP contribution >= 0.6 is 11.6 Å². The van der Waals surface area contributed by atoms with Gasteiger partial charge in [-0.1, -0.05) is 30.3 Å². The van der Waals surface area contributed by atoms with E-state index < -0.39 is 0 Å². The van der Waals surface area contributed by atoms with Gasteiger partial charge in [0.2, 0.25) is 0 Å². The molecule has 1 aromatic carbocycles. The monoisotopic (exact) mass is 196 g/mol. The first-order chi connectivity index (χ1) is 6.15. The number of hydrogen-bond donors (Lipinski definition) is 0. The first-order valence-electron chi connectivity index (χ1n) is 4.11. The van der Waals surface area contributed by atoms with Crippen LogP contribution in [0.15, 0.2) is 30.5 Å². The third-order valence-electron chi connectivity index (χ3n) is 2.06. The van der Waals surface area contributed by atoms with E-state index in [2.05, 4.69) is 6.58 Å². The zero-order chi connectivity index (χ0) is 9.84. The molecule has 0 unspecified atom stereocenters. The summed E-state index contributed by atoms with van der Waals surface area (Å²) in [6, 6.07) is 5.86. The Morgan fingerprint density at radius 3 is 2.85 bits per heavy atom. The number of allylic oxidation sites excluding steroid dienone is 1. The summed E-state index contributed by atoms with van der Waals surface area (Å²) in [5, 5.41) is 0.793. The molecule has 0 N–H and O–H groups in total. The molecule has 0 aromatic heterocycles. The van der Waals surface area contributed by atoms with Crippen LogP contribution in [-0.2, 0) is 11.2 Å². The van der Waals surface area contributed by atoms with Gasteiger partial charge in [-0.3, -0.25) is 0 Å². The molecule has 13 heavy (non-hydrogen) atoms. The van der Waals surface area contributed by atoms with E-state index in [-0.39, 0.29) is 0 Å². The van der Waals surface area contributed by atoms with Crippen molar-refractivity contribution in [2.45, 2.75) is 13.3 Å². The largest absolute Gasteiger partial charge is 0.501 e. The average molecular weight is 197 g/mol. The summed E-state index contributed by atoms with van der Waals surface area (Å²) < 4.78 is 5.01. The molecule has 0 amide bonds. The SMILES string of the molecule is C=C(Cc1cccc(Cl)c1C)OC. The third-order valence-corrected chi connectivity index (χ3v) is 2.47. The Bertz CT molecular complexity index is 318. The molecule has 70 valence electrons. The van der Waals surface area contributed by atoms with Crippen molar-refractivity contribution in [2.75, 3.05) is 7.11 Å². The van der Waals surface area contributed by atoms with Crippen molar-refractivity contribution in [3.63, 3.8) is 0 Å². The van der Waals surface area contributed by atoms with Crippen LogP contribution < -0.4 is 0 Å². The van der Waals surface area contributed by atoms with Gasteiger partial charge in [0.1, 0.15) is 0 Å². The Labute approximate surface area is 84.0 Å². The Kier molecular flexibility index (Phi) is 3.38. The first kappa shape index (κ1) is 10.1. The standard InChI is InChI=1S/C11H13ClO/c1-8(13-3)7-10-5-4-6-11(12)9(10)2/h4-6H,1,7H2,2-3H3. The maximum Gasteiger partial charge on any atom is 0.0927 e. The van der Waals surface area contributed by atoms with E-state index in [0.717, 1.165) is 22.8 Å². The average Bonchev–Trinajstić information content (AvgIpc) is 2.13. The lowest BCUT2D eigenvalue weighted by atomic mass is 10.1. The van der Waals surface area contributed by atoms with Crippen molar-refractivity contribution in [3.8, 4) is 0 Å². The van der Waals surface area contributed by atoms with Crippen molar-refractivity contribution in [1.82, 2.24) is 0 Å². The van der Waals surface area contributed by atoms with Crippen molar-refractivity contribution >= 4 is 11.6 Å². The van der Waals surface area contributed by atoms with Gasteiger partial charge in [0.05, 0.1) is 12.9 Å². The fraction of sp³-hybridized carbons (Fsp3) is 0.273. The fourth-order valence-electron chi connectivity index (χ4n) is 1.13. The Balaban J connectivity index is 2.89. The number of methoxy groups -OCH3 is 1. The minimum atomic E-state index is 0.725. The summed E-state index contributed by atoms with van der Waals surface area (Å²) in [5.74, 6) is 0.755. The van der Waals surface area contributed by atoms with Gasteiger partial charge in [0.25, 0.3) is 0 Å². The van der Waals surface area contributed by atoms with E-state index in [1.807, 2.05) is 25.1 Å². The predicted molar refractivity (Wildman–Crippen MR) is 56.0 cm³/mol. The van der Waals surface area contributed by atoms with Crippen molar-refractivity contribution < 1.29 is 4.74 Å². The van der Waals surface area contributed by atoms with Crippen LogP contribution in [0.1, 0.15) is 11.1 Å². The van der Waals surface area contributed by atoms with E-state index in [1.54, 1.807) is 7.11 Å². The molecule has 0 heterocycles. The van der Waals surface area contributed by atoms with Gasteiger partial charge in [-0.2, -0.15) is 0 Å². The Morgan fingerprint density at radius 2 is 2.23 bits per heavy atom. The van der Waals surface area contributed by atoms with E-state index in [0.29, 0.717) is 0 Å². The molecule has 0 aliphatic heterocycles. The molecule has 2 heteroatoms. The van der Waals surface area contributed by atoms with Crippen LogP contribution in [0.25, 0.3) is 0 Å². The topological polar surface area (TPSA) is 9.23 Å². The smallest absolute Gasteiger partial charge is 0.0927 e. The highest BCUT2D eigenvalue weighted by Gasteiger charge is 2.03. The predicted octanol–water partition coefficient (Wildman–Crippen LogP) is 3.35. The molecule has 1 nitrogen and oxygen atoms in total. The van der Waals surface area contributed by atoms with E-state index >= 15 is 0 Å². The van der Waals surface area contributed by atoms with Gasteiger partial charge in [-0.15, -0.1) is 0 Å². The van der Waals surface area contributed by atoms with Gasteiger partial charge in [0, 0.05) is 11.4 Å². The van der Waals surface area contributed by atoms with Gasteiger partial charge < -0.3 is 4.74 Å². The maximum atomic E-state index is 5.97. The highest BCUT2D eigenvalue weighted by Crippen LogP contribution is 2.20. The molecule has 0 saturated carbocycles.